The van der Waals surface area contributed by atoms with Gasteiger partial charge >= 0.3 is 0 Å². The quantitative estimate of drug-likeness (QED) is 0.447. The van der Waals surface area contributed by atoms with Crippen molar-refractivity contribution in [1.82, 2.24) is 0 Å². The van der Waals surface area contributed by atoms with Crippen molar-refractivity contribution in [1.29, 1.82) is 0 Å². The van der Waals surface area contributed by atoms with Gasteiger partial charge in [-0.1, -0.05) is 0 Å². The maximum atomic E-state index is 13.0. The zero-order chi connectivity index (χ0) is 10.7. The third kappa shape index (κ3) is 1.61. The lowest BCUT2D eigenvalue weighted by Crippen LogP contribution is -1.97. The number of hydrogen-bond acceptors (Lipinski definition) is 3. The molecule has 1 N–H and O–H groups in total. The molecular formula is C8H6FN3O2. The van der Waals surface area contributed by atoms with Crippen molar-refractivity contribution in [2.45, 2.75) is 0 Å². The molecule has 0 bridgehead atoms. The Balaban J connectivity index is 3.41. The van der Waals surface area contributed by atoms with Gasteiger partial charge in [0.2, 0.25) is 5.69 Å². The Morgan fingerprint density at radius 2 is 2.29 bits per heavy atom. The third-order valence-corrected chi connectivity index (χ3v) is 1.65. The highest BCUT2D eigenvalue weighted by Crippen LogP contribution is 2.31. The number of nitro benzene ring substituents is 1. The van der Waals surface area contributed by atoms with E-state index in [9.17, 15) is 14.5 Å². The van der Waals surface area contributed by atoms with Crippen LogP contribution >= 0.6 is 0 Å². The normalized spacial score (nSPS) is 9.21. The smallest absolute Gasteiger partial charge is 0.292 e. The van der Waals surface area contributed by atoms with Crippen molar-refractivity contribution in [3.8, 4) is 0 Å². The van der Waals surface area contributed by atoms with Gasteiger partial charge in [0, 0.05) is 13.1 Å². The van der Waals surface area contributed by atoms with Crippen LogP contribution in [0.5, 0.6) is 0 Å². The molecule has 1 rings (SSSR count). The Hall–Kier alpha value is -2.16. The minimum Gasteiger partial charge on any atom is -0.384 e. The van der Waals surface area contributed by atoms with Crippen LogP contribution in [-0.2, 0) is 0 Å². The average molecular weight is 195 g/mol. The Kier molecular flexibility index (Phi) is 2.62. The number of nitrogens with one attached hydrogen (secondary N) is 1. The first-order valence-electron chi connectivity index (χ1n) is 3.63. The molecule has 0 atom stereocenters. The fourth-order valence-corrected chi connectivity index (χ4v) is 0.988. The van der Waals surface area contributed by atoms with Gasteiger partial charge in [-0.2, -0.15) is 0 Å². The van der Waals surface area contributed by atoms with Crippen LogP contribution in [0.3, 0.4) is 0 Å². The van der Waals surface area contributed by atoms with E-state index in [0.29, 0.717) is 0 Å². The molecule has 0 unspecified atom stereocenters. The molecule has 1 aromatic carbocycles. The highest BCUT2D eigenvalue weighted by atomic mass is 19.1. The highest BCUT2D eigenvalue weighted by Gasteiger charge is 2.17. The van der Waals surface area contributed by atoms with Crippen LogP contribution in [0.1, 0.15) is 0 Å². The summed E-state index contributed by atoms with van der Waals surface area (Å²) in [6.45, 7) is 6.62. The molecule has 0 aliphatic rings. The number of nitro groups is 1. The molecule has 0 fully saturated rings. The predicted molar refractivity (Wildman–Crippen MR) is 48.9 cm³/mol. The topological polar surface area (TPSA) is 59.5 Å². The molecule has 0 aromatic heterocycles. The molecule has 0 spiro atoms. The van der Waals surface area contributed by atoms with Crippen LogP contribution in [0.2, 0.25) is 0 Å². The van der Waals surface area contributed by atoms with Crippen molar-refractivity contribution >= 4 is 17.1 Å². The van der Waals surface area contributed by atoms with Gasteiger partial charge in [0.05, 0.1) is 11.5 Å². The summed E-state index contributed by atoms with van der Waals surface area (Å²) in [5.74, 6) is -0.884. The van der Waals surface area contributed by atoms with Gasteiger partial charge in [0.15, 0.2) is 0 Å². The number of nitrogens with zero attached hydrogens (tertiary/aromatic N) is 2. The molecule has 14 heavy (non-hydrogen) atoms. The van der Waals surface area contributed by atoms with Gasteiger partial charge in [-0.05, 0) is 6.07 Å². The summed E-state index contributed by atoms with van der Waals surface area (Å²) in [5.41, 5.74) is -0.486. The van der Waals surface area contributed by atoms with Crippen LogP contribution < -0.4 is 5.32 Å². The van der Waals surface area contributed by atoms with E-state index in [2.05, 4.69) is 10.2 Å². The highest BCUT2D eigenvalue weighted by molar-refractivity contribution is 5.69. The molecule has 1 aromatic rings. The first kappa shape index (κ1) is 9.92. The predicted octanol–water partition coefficient (Wildman–Crippen LogP) is 2.33. The maximum absolute atomic E-state index is 13.0. The third-order valence-electron chi connectivity index (χ3n) is 1.65. The van der Waals surface area contributed by atoms with Crippen molar-refractivity contribution in [3.63, 3.8) is 0 Å². The molecule has 0 saturated heterocycles. The van der Waals surface area contributed by atoms with Gasteiger partial charge in [0.25, 0.3) is 5.69 Å². The zero-order valence-corrected chi connectivity index (χ0v) is 7.24. The molecule has 0 amide bonds. The van der Waals surface area contributed by atoms with Crippen LogP contribution in [0.25, 0.3) is 4.85 Å². The number of anilines is 1. The van der Waals surface area contributed by atoms with Crippen LogP contribution in [0.4, 0.5) is 21.5 Å². The molecule has 0 saturated carbocycles. The second kappa shape index (κ2) is 3.70. The number of hydrogen-bond donors (Lipinski definition) is 1. The van der Waals surface area contributed by atoms with E-state index in [-0.39, 0.29) is 17.1 Å². The Bertz CT molecular complexity index is 425. The van der Waals surface area contributed by atoms with Crippen molar-refractivity contribution in [2.24, 2.45) is 0 Å². The van der Waals surface area contributed by atoms with E-state index in [1.165, 1.54) is 7.05 Å². The Labute approximate surface area is 79.1 Å². The van der Waals surface area contributed by atoms with Crippen molar-refractivity contribution < 1.29 is 9.31 Å². The number of benzene rings is 1. The molecule has 0 radical (unpaired) electrons. The van der Waals surface area contributed by atoms with Crippen LogP contribution in [0.15, 0.2) is 12.1 Å². The SMILES string of the molecule is [C-]#[N+]c1cc(NC)c([N+](=O)[O-])cc1F. The molecular weight excluding hydrogens is 189 g/mol. The van der Waals surface area contributed by atoms with Gasteiger partial charge in [-0.3, -0.25) is 10.1 Å². The van der Waals surface area contributed by atoms with E-state index in [4.69, 9.17) is 6.57 Å². The first-order chi connectivity index (χ1) is 6.60. The summed E-state index contributed by atoms with van der Waals surface area (Å²) in [4.78, 5) is 12.6. The largest absolute Gasteiger partial charge is 0.384 e. The lowest BCUT2D eigenvalue weighted by molar-refractivity contribution is -0.384. The van der Waals surface area contributed by atoms with Gasteiger partial charge < -0.3 is 5.32 Å². The van der Waals surface area contributed by atoms with E-state index >= 15 is 0 Å². The summed E-state index contributed by atoms with van der Waals surface area (Å²) >= 11 is 0. The lowest BCUT2D eigenvalue weighted by Gasteiger charge is -2.02. The summed E-state index contributed by atoms with van der Waals surface area (Å²) < 4.78 is 13.0. The molecule has 5 nitrogen and oxygen atoms in total. The minimum atomic E-state index is -0.884. The first-order valence-corrected chi connectivity index (χ1v) is 3.63. The van der Waals surface area contributed by atoms with E-state index in [1.54, 1.807) is 0 Å². The summed E-state index contributed by atoms with van der Waals surface area (Å²) in [7, 11) is 1.47. The number of halogens is 1. The van der Waals surface area contributed by atoms with Crippen LogP contribution in [-0.4, -0.2) is 12.0 Å². The van der Waals surface area contributed by atoms with Crippen molar-refractivity contribution in [2.75, 3.05) is 12.4 Å². The molecule has 0 aliphatic carbocycles. The van der Waals surface area contributed by atoms with E-state index in [0.717, 1.165) is 12.1 Å². The zero-order valence-electron chi connectivity index (χ0n) is 7.24. The average Bonchev–Trinajstić information content (AvgIpc) is 2.17. The fraction of sp³-hybridized carbons (Fsp3) is 0.125. The van der Waals surface area contributed by atoms with Crippen LogP contribution in [0, 0.1) is 22.5 Å². The second-order valence-electron chi connectivity index (χ2n) is 2.44. The second-order valence-corrected chi connectivity index (χ2v) is 2.44. The Morgan fingerprint density at radius 3 is 2.71 bits per heavy atom. The fourth-order valence-electron chi connectivity index (χ4n) is 0.988. The van der Waals surface area contributed by atoms with Gasteiger partial charge in [-0.15, -0.1) is 0 Å². The van der Waals surface area contributed by atoms with E-state index in [1.807, 2.05) is 0 Å². The summed E-state index contributed by atoms with van der Waals surface area (Å²) in [6, 6.07) is 1.85. The maximum Gasteiger partial charge on any atom is 0.292 e. The summed E-state index contributed by atoms with van der Waals surface area (Å²) in [5, 5.41) is 13.0. The van der Waals surface area contributed by atoms with Crippen molar-refractivity contribution in [3.05, 3.63) is 39.5 Å². The number of rotatable bonds is 2. The summed E-state index contributed by atoms with van der Waals surface area (Å²) in [6.07, 6.45) is 0. The monoisotopic (exact) mass is 195 g/mol. The molecule has 0 aliphatic heterocycles. The van der Waals surface area contributed by atoms with Gasteiger partial charge in [-0.25, -0.2) is 9.24 Å². The molecule has 6 heteroatoms. The van der Waals surface area contributed by atoms with Gasteiger partial charge in [0.1, 0.15) is 11.5 Å². The Morgan fingerprint density at radius 1 is 1.64 bits per heavy atom. The molecule has 72 valence electrons. The lowest BCUT2D eigenvalue weighted by atomic mass is 10.2. The molecule has 0 heterocycles. The van der Waals surface area contributed by atoms with E-state index < -0.39 is 10.7 Å². The standard InChI is InChI=1S/C8H6FN3O2/c1-10-6-4-7(11-2)8(12(13)14)3-5(6)9/h3-4,11H,2H3. The minimum absolute atomic E-state index is 0.127.